The van der Waals surface area contributed by atoms with Crippen LogP contribution in [0.15, 0.2) is 30.3 Å². The first-order valence-corrected chi connectivity index (χ1v) is 11.9. The highest BCUT2D eigenvalue weighted by Crippen LogP contribution is 2.26. The lowest BCUT2D eigenvalue weighted by atomic mass is 10.1. The number of fused-ring (bicyclic) bond motifs is 2. The summed E-state index contributed by atoms with van der Waals surface area (Å²) < 4.78 is 33.1. The number of ether oxygens (including phenoxy) is 1. The molecule has 1 aromatic rings. The van der Waals surface area contributed by atoms with Crippen LogP contribution in [0.25, 0.3) is 0 Å². The van der Waals surface area contributed by atoms with Gasteiger partial charge in [-0.05, 0) is 37.8 Å². The van der Waals surface area contributed by atoms with E-state index in [9.17, 15) is 13.2 Å². The number of piperazine rings is 1. The van der Waals surface area contributed by atoms with E-state index in [1.165, 1.54) is 0 Å². The molecule has 3 saturated heterocycles. The van der Waals surface area contributed by atoms with Gasteiger partial charge in [0, 0.05) is 50.4 Å². The summed E-state index contributed by atoms with van der Waals surface area (Å²) in [6, 6.07) is 9.57. The van der Waals surface area contributed by atoms with Crippen LogP contribution in [0.5, 0.6) is 0 Å². The molecule has 29 heavy (non-hydrogen) atoms. The van der Waals surface area contributed by atoms with Crippen molar-refractivity contribution in [3.05, 3.63) is 35.9 Å². The second kappa shape index (κ2) is 9.75. The van der Waals surface area contributed by atoms with Crippen LogP contribution in [-0.2, 0) is 14.8 Å². The quantitative estimate of drug-likeness (QED) is 0.690. The summed E-state index contributed by atoms with van der Waals surface area (Å²) in [5, 5.41) is 0. The molecule has 4 unspecified atom stereocenters. The fourth-order valence-corrected chi connectivity index (χ4v) is 5.65. The molecular weight excluding hydrogens is 414 g/mol. The average molecular weight is 444 g/mol. The van der Waals surface area contributed by atoms with Gasteiger partial charge in [-0.15, -0.1) is 12.4 Å². The van der Waals surface area contributed by atoms with E-state index in [-0.39, 0.29) is 42.3 Å². The summed E-state index contributed by atoms with van der Waals surface area (Å²) in [4.78, 5) is 17.2. The van der Waals surface area contributed by atoms with E-state index >= 15 is 0 Å². The van der Waals surface area contributed by atoms with Crippen molar-refractivity contribution in [1.82, 2.24) is 14.5 Å². The monoisotopic (exact) mass is 443 g/mol. The lowest BCUT2D eigenvalue weighted by molar-refractivity contribution is 0.0502. The van der Waals surface area contributed by atoms with Crippen LogP contribution in [0.1, 0.15) is 36.0 Å². The SMILES string of the molecule is Cl.O=C(c1ccccc1)N1CC(CNS(=O)(=O)CCC2CCCO2)N2CCC1C2. The number of sulfonamides is 1. The summed E-state index contributed by atoms with van der Waals surface area (Å²) in [6.07, 6.45) is 3.53. The Bertz CT molecular complexity index is 786. The van der Waals surface area contributed by atoms with Crippen LogP contribution in [0, 0.1) is 0 Å². The molecule has 4 atom stereocenters. The van der Waals surface area contributed by atoms with Crippen molar-refractivity contribution < 1.29 is 17.9 Å². The third-order valence-electron chi connectivity index (χ3n) is 6.11. The maximum absolute atomic E-state index is 12.9. The lowest BCUT2D eigenvalue weighted by Gasteiger charge is -2.40. The molecule has 4 rings (SSSR count). The first-order valence-electron chi connectivity index (χ1n) is 10.2. The predicted molar refractivity (Wildman–Crippen MR) is 114 cm³/mol. The largest absolute Gasteiger partial charge is 0.378 e. The third-order valence-corrected chi connectivity index (χ3v) is 7.49. The molecule has 3 heterocycles. The zero-order chi connectivity index (χ0) is 19.6. The van der Waals surface area contributed by atoms with E-state index in [1.54, 1.807) is 0 Å². The average Bonchev–Trinajstić information content (AvgIpc) is 3.37. The second-order valence-electron chi connectivity index (χ2n) is 8.01. The Morgan fingerprint density at radius 2 is 1.97 bits per heavy atom. The van der Waals surface area contributed by atoms with Crippen LogP contribution < -0.4 is 4.72 Å². The zero-order valence-electron chi connectivity index (χ0n) is 16.5. The summed E-state index contributed by atoms with van der Waals surface area (Å²) in [5.74, 6) is 0.137. The summed E-state index contributed by atoms with van der Waals surface area (Å²) in [7, 11) is -3.34. The van der Waals surface area contributed by atoms with Gasteiger partial charge >= 0.3 is 0 Å². The summed E-state index contributed by atoms with van der Waals surface area (Å²) in [6.45, 7) is 3.37. The number of nitrogens with zero attached hydrogens (tertiary/aromatic N) is 2. The van der Waals surface area contributed by atoms with E-state index < -0.39 is 10.0 Å². The number of hydrogen-bond acceptors (Lipinski definition) is 5. The molecule has 0 aliphatic carbocycles. The molecule has 9 heteroatoms. The minimum absolute atomic E-state index is 0. The number of nitrogens with one attached hydrogen (secondary N) is 1. The van der Waals surface area contributed by atoms with Crippen LogP contribution >= 0.6 is 12.4 Å². The molecule has 1 N–H and O–H groups in total. The number of halogens is 1. The fraction of sp³-hybridized carbons (Fsp3) is 0.650. The van der Waals surface area contributed by atoms with Gasteiger partial charge in [0.25, 0.3) is 5.91 Å². The predicted octanol–water partition coefficient (Wildman–Crippen LogP) is 1.50. The van der Waals surface area contributed by atoms with Gasteiger partial charge in [-0.25, -0.2) is 13.1 Å². The number of benzene rings is 1. The Kier molecular flexibility index (Phi) is 7.56. The van der Waals surface area contributed by atoms with Crippen LogP contribution in [-0.4, -0.2) is 80.9 Å². The molecule has 0 saturated carbocycles. The van der Waals surface area contributed by atoms with Gasteiger partial charge in [-0.2, -0.15) is 0 Å². The molecule has 162 valence electrons. The number of amides is 1. The summed E-state index contributed by atoms with van der Waals surface area (Å²) in [5.41, 5.74) is 0.693. The molecule has 3 fully saturated rings. The van der Waals surface area contributed by atoms with Gasteiger partial charge < -0.3 is 9.64 Å². The molecule has 0 spiro atoms. The standard InChI is InChI=1S/C20H29N3O4S.ClH/c24-20(16-5-2-1-3-6-16)23-15-18(22-10-8-17(23)14-22)13-21-28(25,26)12-9-19-7-4-11-27-19;/h1-3,5-6,17-19,21H,4,7-15H2;1H. The first-order chi connectivity index (χ1) is 13.5. The van der Waals surface area contributed by atoms with Crippen molar-refractivity contribution in [2.45, 2.75) is 43.9 Å². The molecule has 1 amide bonds. The number of carbonyl (C=O) groups is 1. The highest BCUT2D eigenvalue weighted by Gasteiger charge is 2.41. The van der Waals surface area contributed by atoms with Crippen molar-refractivity contribution in [1.29, 1.82) is 0 Å². The molecule has 3 aliphatic heterocycles. The van der Waals surface area contributed by atoms with Crippen molar-refractivity contribution >= 4 is 28.3 Å². The van der Waals surface area contributed by atoms with E-state index in [0.717, 1.165) is 39.0 Å². The minimum atomic E-state index is -3.34. The number of hydrogen-bond donors (Lipinski definition) is 1. The fourth-order valence-electron chi connectivity index (χ4n) is 4.49. The Balaban J connectivity index is 0.00000240. The highest BCUT2D eigenvalue weighted by atomic mass is 35.5. The van der Waals surface area contributed by atoms with Crippen molar-refractivity contribution in [3.8, 4) is 0 Å². The zero-order valence-corrected chi connectivity index (χ0v) is 18.2. The normalized spacial score (nSPS) is 28.9. The molecular formula is C20H30ClN3O4S. The number of carbonyl (C=O) groups excluding carboxylic acids is 1. The van der Waals surface area contributed by atoms with Crippen LogP contribution in [0.4, 0.5) is 0 Å². The second-order valence-corrected chi connectivity index (χ2v) is 9.93. The first kappa shape index (κ1) is 22.5. The van der Waals surface area contributed by atoms with Crippen molar-refractivity contribution in [3.63, 3.8) is 0 Å². The molecule has 1 aromatic carbocycles. The van der Waals surface area contributed by atoms with Crippen molar-refractivity contribution in [2.75, 3.05) is 38.5 Å². The Morgan fingerprint density at radius 3 is 2.69 bits per heavy atom. The van der Waals surface area contributed by atoms with E-state index in [0.29, 0.717) is 25.1 Å². The maximum Gasteiger partial charge on any atom is 0.254 e. The van der Waals surface area contributed by atoms with Crippen LogP contribution in [0.2, 0.25) is 0 Å². The van der Waals surface area contributed by atoms with Gasteiger partial charge in [-0.1, -0.05) is 18.2 Å². The van der Waals surface area contributed by atoms with Gasteiger partial charge in [-0.3, -0.25) is 9.69 Å². The van der Waals surface area contributed by atoms with Gasteiger partial charge in [0.1, 0.15) is 0 Å². The molecule has 0 aromatic heterocycles. The Labute approximate surface area is 179 Å². The smallest absolute Gasteiger partial charge is 0.254 e. The lowest BCUT2D eigenvalue weighted by Crippen LogP contribution is -2.57. The topological polar surface area (TPSA) is 79.0 Å². The Morgan fingerprint density at radius 1 is 1.17 bits per heavy atom. The number of rotatable bonds is 7. The maximum atomic E-state index is 12.9. The van der Waals surface area contributed by atoms with Gasteiger partial charge in [0.15, 0.2) is 0 Å². The third kappa shape index (κ3) is 5.49. The van der Waals surface area contributed by atoms with Gasteiger partial charge in [0.05, 0.1) is 11.9 Å². The minimum Gasteiger partial charge on any atom is -0.378 e. The summed E-state index contributed by atoms with van der Waals surface area (Å²) >= 11 is 0. The van der Waals surface area contributed by atoms with Gasteiger partial charge in [0.2, 0.25) is 10.0 Å². The molecule has 7 nitrogen and oxygen atoms in total. The molecule has 0 radical (unpaired) electrons. The molecule has 2 bridgehead atoms. The van der Waals surface area contributed by atoms with Crippen molar-refractivity contribution in [2.24, 2.45) is 0 Å². The molecule has 3 aliphatic rings. The van der Waals surface area contributed by atoms with E-state index in [2.05, 4.69) is 9.62 Å². The Hall–Kier alpha value is -1.19. The van der Waals surface area contributed by atoms with E-state index in [1.807, 2.05) is 35.2 Å². The van der Waals surface area contributed by atoms with Crippen LogP contribution in [0.3, 0.4) is 0 Å². The van der Waals surface area contributed by atoms with E-state index in [4.69, 9.17) is 4.74 Å². The highest BCUT2D eigenvalue weighted by molar-refractivity contribution is 7.89.